The molecule has 0 aliphatic heterocycles. The standard InChI is InChI=1S/C8H10FN3/c1-12(2)6-11-8-7(9)4-3-5-10-8/h3-6H,1-2H3/b11-6-. The van der Waals surface area contributed by atoms with Gasteiger partial charge in [-0.1, -0.05) is 0 Å². The maximum atomic E-state index is 12.8. The van der Waals surface area contributed by atoms with Crippen molar-refractivity contribution in [3.05, 3.63) is 24.1 Å². The zero-order chi connectivity index (χ0) is 8.97. The molecule has 0 unspecified atom stereocenters. The molecular formula is C8H10FN3. The van der Waals surface area contributed by atoms with Gasteiger partial charge in [0.1, 0.15) is 0 Å². The minimum Gasteiger partial charge on any atom is -0.369 e. The van der Waals surface area contributed by atoms with Crippen LogP contribution in [0.4, 0.5) is 10.2 Å². The second kappa shape index (κ2) is 3.80. The number of aliphatic imine (C=N–C) groups is 1. The molecule has 1 rings (SSSR count). The molecule has 0 spiro atoms. The van der Waals surface area contributed by atoms with E-state index in [4.69, 9.17) is 0 Å². The molecule has 1 heterocycles. The second-order valence-electron chi connectivity index (χ2n) is 2.52. The minimum atomic E-state index is -0.407. The predicted molar refractivity (Wildman–Crippen MR) is 46.0 cm³/mol. The lowest BCUT2D eigenvalue weighted by Crippen LogP contribution is -2.07. The highest BCUT2D eigenvalue weighted by Crippen LogP contribution is 2.11. The van der Waals surface area contributed by atoms with Gasteiger partial charge in [-0.25, -0.2) is 14.4 Å². The average Bonchev–Trinajstić information content (AvgIpc) is 2.03. The lowest BCUT2D eigenvalue weighted by molar-refractivity contribution is 0.619. The lowest BCUT2D eigenvalue weighted by atomic mass is 10.4. The molecule has 0 radical (unpaired) electrons. The summed E-state index contributed by atoms with van der Waals surface area (Å²) in [5.74, 6) is -0.290. The van der Waals surface area contributed by atoms with Crippen LogP contribution in [-0.2, 0) is 0 Å². The van der Waals surface area contributed by atoms with Crippen LogP contribution < -0.4 is 0 Å². The fraction of sp³-hybridized carbons (Fsp3) is 0.250. The zero-order valence-electron chi connectivity index (χ0n) is 7.03. The average molecular weight is 167 g/mol. The van der Waals surface area contributed by atoms with E-state index in [0.29, 0.717) is 0 Å². The van der Waals surface area contributed by atoms with E-state index in [1.165, 1.54) is 24.7 Å². The van der Waals surface area contributed by atoms with Crippen LogP contribution >= 0.6 is 0 Å². The van der Waals surface area contributed by atoms with Crippen LogP contribution in [-0.4, -0.2) is 30.3 Å². The number of hydrogen-bond acceptors (Lipinski definition) is 2. The Morgan fingerprint density at radius 3 is 2.92 bits per heavy atom. The highest BCUT2D eigenvalue weighted by Gasteiger charge is 1.97. The molecule has 0 aromatic carbocycles. The van der Waals surface area contributed by atoms with E-state index < -0.39 is 5.82 Å². The molecule has 0 N–H and O–H groups in total. The Labute approximate surface area is 70.6 Å². The summed E-state index contributed by atoms with van der Waals surface area (Å²) in [6, 6.07) is 2.86. The fourth-order valence-corrected chi connectivity index (χ4v) is 0.643. The summed E-state index contributed by atoms with van der Waals surface area (Å²) in [5.41, 5.74) is 0. The number of aromatic nitrogens is 1. The van der Waals surface area contributed by atoms with Crippen LogP contribution in [0, 0.1) is 5.82 Å². The van der Waals surface area contributed by atoms with Gasteiger partial charge in [-0.3, -0.25) is 0 Å². The smallest absolute Gasteiger partial charge is 0.189 e. The number of hydrogen-bond donors (Lipinski definition) is 0. The van der Waals surface area contributed by atoms with Gasteiger partial charge in [0.15, 0.2) is 11.6 Å². The van der Waals surface area contributed by atoms with Gasteiger partial charge in [0, 0.05) is 20.3 Å². The second-order valence-corrected chi connectivity index (χ2v) is 2.52. The van der Waals surface area contributed by atoms with Gasteiger partial charge in [-0.2, -0.15) is 0 Å². The zero-order valence-corrected chi connectivity index (χ0v) is 7.03. The van der Waals surface area contributed by atoms with Gasteiger partial charge in [-0.15, -0.1) is 0 Å². The molecule has 12 heavy (non-hydrogen) atoms. The van der Waals surface area contributed by atoms with Crippen molar-refractivity contribution >= 4 is 12.2 Å². The summed E-state index contributed by atoms with van der Waals surface area (Å²) < 4.78 is 12.8. The van der Waals surface area contributed by atoms with E-state index >= 15 is 0 Å². The summed E-state index contributed by atoms with van der Waals surface area (Å²) in [4.78, 5) is 9.29. The Kier molecular flexibility index (Phi) is 2.74. The van der Waals surface area contributed by atoms with Gasteiger partial charge in [0.2, 0.25) is 0 Å². The first-order valence-corrected chi connectivity index (χ1v) is 3.51. The molecule has 0 bridgehead atoms. The van der Waals surface area contributed by atoms with E-state index in [2.05, 4.69) is 9.98 Å². The molecule has 0 amide bonds. The van der Waals surface area contributed by atoms with Crippen molar-refractivity contribution in [2.75, 3.05) is 14.1 Å². The minimum absolute atomic E-state index is 0.117. The van der Waals surface area contributed by atoms with E-state index in [-0.39, 0.29) is 5.82 Å². The number of nitrogens with zero attached hydrogens (tertiary/aromatic N) is 3. The SMILES string of the molecule is CN(C)/C=N\c1ncccc1F. The van der Waals surface area contributed by atoms with Crippen LogP contribution in [0.15, 0.2) is 23.3 Å². The van der Waals surface area contributed by atoms with E-state index in [9.17, 15) is 4.39 Å². The third-order valence-corrected chi connectivity index (χ3v) is 1.15. The summed E-state index contributed by atoms with van der Waals surface area (Å²) >= 11 is 0. The van der Waals surface area contributed by atoms with Crippen molar-refractivity contribution in [2.45, 2.75) is 0 Å². The monoisotopic (exact) mass is 167 g/mol. The summed E-state index contributed by atoms with van der Waals surface area (Å²) in [7, 11) is 3.62. The largest absolute Gasteiger partial charge is 0.369 e. The Hall–Kier alpha value is -1.45. The van der Waals surface area contributed by atoms with Crippen molar-refractivity contribution in [2.24, 2.45) is 4.99 Å². The third kappa shape index (κ3) is 2.30. The van der Waals surface area contributed by atoms with Gasteiger partial charge < -0.3 is 4.90 Å². The van der Waals surface area contributed by atoms with Crippen molar-refractivity contribution in [1.82, 2.24) is 9.88 Å². The van der Waals surface area contributed by atoms with E-state index in [0.717, 1.165) is 0 Å². The van der Waals surface area contributed by atoms with Crippen LogP contribution in [0.3, 0.4) is 0 Å². The summed E-state index contributed by atoms with van der Waals surface area (Å²) in [6.07, 6.45) is 3.01. The number of halogens is 1. The first-order chi connectivity index (χ1) is 5.70. The maximum Gasteiger partial charge on any atom is 0.189 e. The van der Waals surface area contributed by atoms with Crippen LogP contribution in [0.25, 0.3) is 0 Å². The molecule has 3 nitrogen and oxygen atoms in total. The molecule has 0 aliphatic rings. The highest BCUT2D eigenvalue weighted by molar-refractivity contribution is 5.58. The van der Waals surface area contributed by atoms with E-state index in [1.807, 2.05) is 14.1 Å². The van der Waals surface area contributed by atoms with Crippen LogP contribution in [0.1, 0.15) is 0 Å². The van der Waals surface area contributed by atoms with Crippen molar-refractivity contribution in [3.8, 4) is 0 Å². The third-order valence-electron chi connectivity index (χ3n) is 1.15. The molecule has 0 saturated carbocycles. The molecule has 0 atom stereocenters. The molecule has 0 fully saturated rings. The summed E-state index contributed by atoms with van der Waals surface area (Å²) in [6.45, 7) is 0. The molecule has 1 aromatic rings. The van der Waals surface area contributed by atoms with Gasteiger partial charge >= 0.3 is 0 Å². The van der Waals surface area contributed by atoms with Crippen LogP contribution in [0.2, 0.25) is 0 Å². The first kappa shape index (κ1) is 8.64. The summed E-state index contributed by atoms with van der Waals surface area (Å²) in [5, 5.41) is 0. The topological polar surface area (TPSA) is 28.5 Å². The van der Waals surface area contributed by atoms with Crippen molar-refractivity contribution in [3.63, 3.8) is 0 Å². The van der Waals surface area contributed by atoms with Crippen molar-refractivity contribution in [1.29, 1.82) is 0 Å². The van der Waals surface area contributed by atoms with Gasteiger partial charge in [0.25, 0.3) is 0 Å². The molecule has 4 heteroatoms. The Morgan fingerprint density at radius 2 is 2.33 bits per heavy atom. The Bertz CT molecular complexity index is 283. The number of rotatable bonds is 2. The normalized spacial score (nSPS) is 10.6. The van der Waals surface area contributed by atoms with Gasteiger partial charge in [-0.05, 0) is 12.1 Å². The number of pyridine rings is 1. The van der Waals surface area contributed by atoms with E-state index in [1.54, 1.807) is 4.90 Å². The van der Waals surface area contributed by atoms with Gasteiger partial charge in [0.05, 0.1) is 6.34 Å². The Balaban J connectivity index is 2.82. The Morgan fingerprint density at radius 1 is 1.58 bits per heavy atom. The maximum absolute atomic E-state index is 12.8. The predicted octanol–water partition coefficient (Wildman–Crippen LogP) is 1.44. The molecule has 64 valence electrons. The molecule has 1 aromatic heterocycles. The fourth-order valence-electron chi connectivity index (χ4n) is 0.643. The molecule has 0 saturated heterocycles. The lowest BCUT2D eigenvalue weighted by Gasteiger charge is -2.01. The first-order valence-electron chi connectivity index (χ1n) is 3.51. The van der Waals surface area contributed by atoms with Crippen molar-refractivity contribution < 1.29 is 4.39 Å². The molecule has 0 aliphatic carbocycles. The highest BCUT2D eigenvalue weighted by atomic mass is 19.1. The van der Waals surface area contributed by atoms with Crippen LogP contribution in [0.5, 0.6) is 0 Å². The molecular weight excluding hydrogens is 157 g/mol. The quantitative estimate of drug-likeness (QED) is 0.492.